The van der Waals surface area contributed by atoms with Gasteiger partial charge in [-0.25, -0.2) is 0 Å². The molecule has 0 radical (unpaired) electrons. The smallest absolute Gasteiger partial charge is 0.220 e. The van der Waals surface area contributed by atoms with Crippen LogP contribution in [0.4, 0.5) is 0 Å². The first kappa shape index (κ1) is 19.9. The van der Waals surface area contributed by atoms with Gasteiger partial charge in [0.25, 0.3) is 0 Å². The van der Waals surface area contributed by atoms with E-state index >= 15 is 0 Å². The van der Waals surface area contributed by atoms with E-state index < -0.39 is 0 Å². The predicted octanol–water partition coefficient (Wildman–Crippen LogP) is 3.07. The number of nitrogens with zero attached hydrogens (tertiary/aromatic N) is 2. The van der Waals surface area contributed by atoms with E-state index in [1.165, 1.54) is 22.2 Å². The molecule has 1 amide bonds. The minimum atomic E-state index is 0.149. The topological polar surface area (TPSA) is 51.4 Å². The third kappa shape index (κ3) is 4.90. The van der Waals surface area contributed by atoms with Crippen molar-refractivity contribution in [3.63, 3.8) is 0 Å². The number of aryl methyl sites for hydroxylation is 2. The summed E-state index contributed by atoms with van der Waals surface area (Å²) in [4.78, 5) is 20.6. The number of rotatable bonds is 7. The second-order valence-corrected chi connectivity index (χ2v) is 7.97. The molecule has 2 aromatic rings. The van der Waals surface area contributed by atoms with Gasteiger partial charge >= 0.3 is 0 Å². The van der Waals surface area contributed by atoms with E-state index in [2.05, 4.69) is 66.1 Å². The van der Waals surface area contributed by atoms with Gasteiger partial charge in [-0.05, 0) is 57.0 Å². The van der Waals surface area contributed by atoms with Crippen molar-refractivity contribution < 1.29 is 4.79 Å². The largest absolute Gasteiger partial charge is 0.358 e. The van der Waals surface area contributed by atoms with Gasteiger partial charge in [0.1, 0.15) is 0 Å². The number of nitrogens with one attached hydrogen (secondary N) is 2. The normalized spacial score (nSPS) is 17.3. The zero-order valence-corrected chi connectivity index (χ0v) is 17.3. The number of H-pyrrole nitrogens is 1. The fraction of sp³-hybridized carbons (Fsp3) is 0.591. The lowest BCUT2D eigenvalue weighted by molar-refractivity contribution is -0.121. The van der Waals surface area contributed by atoms with Crippen LogP contribution in [0.1, 0.15) is 43.5 Å². The van der Waals surface area contributed by atoms with Crippen molar-refractivity contribution in [2.24, 2.45) is 0 Å². The van der Waals surface area contributed by atoms with Gasteiger partial charge in [0, 0.05) is 61.8 Å². The van der Waals surface area contributed by atoms with E-state index in [0.717, 1.165) is 44.6 Å². The molecule has 1 saturated heterocycles. The Bertz CT molecular complexity index is 774. The number of benzene rings is 1. The molecule has 0 aliphatic carbocycles. The first-order chi connectivity index (χ1) is 13.0. The number of aromatic amines is 1. The summed E-state index contributed by atoms with van der Waals surface area (Å²) in [7, 11) is 2.17. The lowest BCUT2D eigenvalue weighted by atomic mass is 10.1. The fourth-order valence-corrected chi connectivity index (χ4v) is 3.97. The van der Waals surface area contributed by atoms with Crippen LogP contribution in [0.3, 0.4) is 0 Å². The van der Waals surface area contributed by atoms with Gasteiger partial charge in [-0.1, -0.05) is 13.0 Å². The van der Waals surface area contributed by atoms with Crippen LogP contribution in [-0.4, -0.2) is 60.0 Å². The number of hydrogen-bond acceptors (Lipinski definition) is 3. The molecule has 1 aliphatic rings. The lowest BCUT2D eigenvalue weighted by Crippen LogP contribution is -2.48. The summed E-state index contributed by atoms with van der Waals surface area (Å²) >= 11 is 0. The average molecular weight is 371 g/mol. The number of fused-ring (bicyclic) bond motifs is 1. The summed E-state index contributed by atoms with van der Waals surface area (Å²) in [6.07, 6.45) is 2.53. The highest BCUT2D eigenvalue weighted by Gasteiger charge is 2.19. The van der Waals surface area contributed by atoms with Gasteiger partial charge in [0.15, 0.2) is 0 Å². The Hall–Kier alpha value is -1.85. The molecule has 3 rings (SSSR count). The van der Waals surface area contributed by atoms with Gasteiger partial charge in [-0.3, -0.25) is 9.69 Å². The summed E-state index contributed by atoms with van der Waals surface area (Å²) in [5.41, 5.74) is 4.96. The van der Waals surface area contributed by atoms with Crippen molar-refractivity contribution >= 4 is 16.8 Å². The monoisotopic (exact) mass is 370 g/mol. The molecule has 0 saturated carbocycles. The van der Waals surface area contributed by atoms with Crippen LogP contribution in [0.15, 0.2) is 18.2 Å². The number of carbonyl (C=O) groups is 1. The maximum absolute atomic E-state index is 12.3. The molecule has 1 aromatic heterocycles. The van der Waals surface area contributed by atoms with Crippen LogP contribution >= 0.6 is 0 Å². The van der Waals surface area contributed by atoms with Crippen LogP contribution in [0.5, 0.6) is 0 Å². The third-order valence-electron chi connectivity index (χ3n) is 6.02. The number of piperazine rings is 1. The summed E-state index contributed by atoms with van der Waals surface area (Å²) in [5.74, 6) is 0.149. The van der Waals surface area contributed by atoms with Crippen molar-refractivity contribution in [1.29, 1.82) is 0 Å². The molecule has 1 fully saturated rings. The molecule has 1 aromatic carbocycles. The van der Waals surface area contributed by atoms with Gasteiger partial charge in [-0.15, -0.1) is 0 Å². The molecule has 1 unspecified atom stereocenters. The van der Waals surface area contributed by atoms with E-state index in [0.29, 0.717) is 19.0 Å². The molecule has 27 heavy (non-hydrogen) atoms. The summed E-state index contributed by atoms with van der Waals surface area (Å²) in [6.45, 7) is 11.6. The molecular formula is C22H34N4O. The minimum Gasteiger partial charge on any atom is -0.358 e. The molecule has 148 valence electrons. The Balaban J connectivity index is 1.47. The molecule has 5 nitrogen and oxygen atoms in total. The number of aromatic nitrogens is 1. The Morgan fingerprint density at radius 1 is 1.26 bits per heavy atom. The highest BCUT2D eigenvalue weighted by atomic mass is 16.1. The van der Waals surface area contributed by atoms with Crippen LogP contribution in [0, 0.1) is 6.92 Å². The average Bonchev–Trinajstić information content (AvgIpc) is 3.00. The van der Waals surface area contributed by atoms with Crippen LogP contribution in [0.2, 0.25) is 0 Å². The number of likely N-dealkylation sites (N-methyl/N-ethyl adjacent to an activating group) is 1. The van der Waals surface area contributed by atoms with Crippen molar-refractivity contribution in [2.75, 3.05) is 33.2 Å². The van der Waals surface area contributed by atoms with Gasteiger partial charge in [-0.2, -0.15) is 0 Å². The second-order valence-electron chi connectivity index (χ2n) is 7.97. The number of carbonyl (C=O) groups excluding carboxylic acids is 1. The summed E-state index contributed by atoms with van der Waals surface area (Å²) in [5, 5.41) is 4.36. The van der Waals surface area contributed by atoms with Gasteiger partial charge in [0.2, 0.25) is 5.91 Å². The van der Waals surface area contributed by atoms with Crippen LogP contribution < -0.4 is 5.32 Å². The molecule has 5 heteroatoms. The summed E-state index contributed by atoms with van der Waals surface area (Å²) < 4.78 is 0. The van der Waals surface area contributed by atoms with E-state index in [-0.39, 0.29) is 5.91 Å². The molecule has 1 atom stereocenters. The quantitative estimate of drug-likeness (QED) is 0.788. The predicted molar refractivity (Wildman–Crippen MR) is 112 cm³/mol. The van der Waals surface area contributed by atoms with Gasteiger partial charge < -0.3 is 15.2 Å². The summed E-state index contributed by atoms with van der Waals surface area (Å²) in [6, 6.07) is 6.90. The van der Waals surface area contributed by atoms with Crippen molar-refractivity contribution in [2.45, 2.75) is 52.6 Å². The standard InChI is InChI=1S/C22H34N4O/c1-5-20-17(3)19-14-18(7-8-21(19)24-20)15-23-22(27)9-6-16(2)26-12-10-25(4)11-13-26/h7-8,14,16,24H,5-6,9-13,15H2,1-4H3,(H,23,27). The van der Waals surface area contributed by atoms with E-state index in [4.69, 9.17) is 0 Å². The van der Waals surface area contributed by atoms with E-state index in [9.17, 15) is 4.79 Å². The Kier molecular flexibility index (Phi) is 6.55. The molecule has 2 N–H and O–H groups in total. The maximum atomic E-state index is 12.3. The lowest BCUT2D eigenvalue weighted by Gasteiger charge is -2.36. The Morgan fingerprint density at radius 2 is 2.00 bits per heavy atom. The third-order valence-corrected chi connectivity index (χ3v) is 6.02. The van der Waals surface area contributed by atoms with Crippen LogP contribution in [-0.2, 0) is 17.8 Å². The zero-order chi connectivity index (χ0) is 19.4. The van der Waals surface area contributed by atoms with E-state index in [1.807, 2.05) is 0 Å². The SMILES string of the molecule is CCc1[nH]c2ccc(CNC(=O)CCC(C)N3CCN(C)CC3)cc2c1C. The van der Waals surface area contributed by atoms with Crippen molar-refractivity contribution in [3.8, 4) is 0 Å². The first-order valence-corrected chi connectivity index (χ1v) is 10.3. The van der Waals surface area contributed by atoms with Crippen LogP contribution in [0.25, 0.3) is 10.9 Å². The molecule has 0 spiro atoms. The maximum Gasteiger partial charge on any atom is 0.220 e. The molecular weight excluding hydrogens is 336 g/mol. The zero-order valence-electron chi connectivity index (χ0n) is 17.3. The van der Waals surface area contributed by atoms with E-state index in [1.54, 1.807) is 0 Å². The highest BCUT2D eigenvalue weighted by Crippen LogP contribution is 2.23. The molecule has 1 aliphatic heterocycles. The highest BCUT2D eigenvalue weighted by molar-refractivity contribution is 5.85. The van der Waals surface area contributed by atoms with Crippen molar-refractivity contribution in [1.82, 2.24) is 20.1 Å². The fourth-order valence-electron chi connectivity index (χ4n) is 3.97. The Morgan fingerprint density at radius 3 is 2.70 bits per heavy atom. The molecule has 2 heterocycles. The minimum absolute atomic E-state index is 0.149. The van der Waals surface area contributed by atoms with Gasteiger partial charge in [0.05, 0.1) is 0 Å². The Labute approximate surface area is 163 Å². The second kappa shape index (κ2) is 8.89. The number of amides is 1. The van der Waals surface area contributed by atoms with Crippen molar-refractivity contribution in [3.05, 3.63) is 35.0 Å². The first-order valence-electron chi connectivity index (χ1n) is 10.3. The molecule has 0 bridgehead atoms. The number of hydrogen-bond donors (Lipinski definition) is 2.